The normalized spacial score (nSPS) is 9.50. The van der Waals surface area contributed by atoms with Crippen LogP contribution in [0, 0.1) is 0 Å². The molecule has 4 aromatic rings. The minimum atomic E-state index is 0.569. The van der Waals surface area contributed by atoms with Gasteiger partial charge in [-0.1, -0.05) is 113 Å². The van der Waals surface area contributed by atoms with Gasteiger partial charge in [0.1, 0.15) is 24.7 Å². The predicted octanol–water partition coefficient (Wildman–Crippen LogP) is 8.56. The highest BCUT2D eigenvalue weighted by Crippen LogP contribution is 2.22. The van der Waals surface area contributed by atoms with Crippen molar-refractivity contribution >= 4 is 0 Å². The molecule has 4 rings (SSSR count). The summed E-state index contributed by atoms with van der Waals surface area (Å²) in [5, 5.41) is 0. The molecule has 2 nitrogen and oxygen atoms in total. The fourth-order valence-corrected chi connectivity index (χ4v) is 2.95. The Morgan fingerprint density at radius 3 is 1.03 bits per heavy atom. The zero-order valence-electron chi connectivity index (χ0n) is 19.6. The average Bonchev–Trinajstić information content (AvgIpc) is 2.90. The van der Waals surface area contributed by atoms with Crippen LogP contribution in [0.5, 0.6) is 11.5 Å². The summed E-state index contributed by atoms with van der Waals surface area (Å²) in [6.45, 7) is 9.14. The standard InChI is InChI=1S/C26H22O2.2C2H6/c1-3-7-25(8-4-1)27-19-21-11-15-23(16-12-21)24-17-13-22(14-18-24)20-28-26-9-5-2-6-10-26;2*1-2/h1-18H,19-20H2;2*1-2H3. The van der Waals surface area contributed by atoms with Crippen LogP contribution in [-0.2, 0) is 13.2 Å². The Balaban J connectivity index is 0.000000860. The number of hydrogen-bond acceptors (Lipinski definition) is 2. The van der Waals surface area contributed by atoms with E-state index < -0.39 is 0 Å². The molecule has 0 spiro atoms. The summed E-state index contributed by atoms with van der Waals surface area (Å²) in [4.78, 5) is 0. The van der Waals surface area contributed by atoms with E-state index >= 15 is 0 Å². The van der Waals surface area contributed by atoms with Crippen LogP contribution in [0.1, 0.15) is 38.8 Å². The summed E-state index contributed by atoms with van der Waals surface area (Å²) < 4.78 is 11.6. The van der Waals surface area contributed by atoms with E-state index in [4.69, 9.17) is 9.47 Å². The topological polar surface area (TPSA) is 18.5 Å². The van der Waals surface area contributed by atoms with Crippen LogP contribution in [0.2, 0.25) is 0 Å². The fourth-order valence-electron chi connectivity index (χ4n) is 2.95. The SMILES string of the molecule is CC.CC.c1ccc(OCc2ccc(-c3ccc(COc4ccccc4)cc3)cc2)cc1. The minimum absolute atomic E-state index is 0.569. The molecule has 0 aliphatic carbocycles. The molecule has 32 heavy (non-hydrogen) atoms. The lowest BCUT2D eigenvalue weighted by Crippen LogP contribution is -1.95. The third-order valence-corrected chi connectivity index (χ3v) is 4.54. The van der Waals surface area contributed by atoms with Crippen molar-refractivity contribution in [3.63, 3.8) is 0 Å². The maximum absolute atomic E-state index is 5.80. The first-order valence-electron chi connectivity index (χ1n) is 11.4. The Morgan fingerprint density at radius 2 is 0.719 bits per heavy atom. The van der Waals surface area contributed by atoms with Crippen LogP contribution in [0.3, 0.4) is 0 Å². The van der Waals surface area contributed by atoms with Crippen molar-refractivity contribution in [2.75, 3.05) is 0 Å². The lowest BCUT2D eigenvalue weighted by atomic mass is 10.0. The van der Waals surface area contributed by atoms with Gasteiger partial charge in [-0.2, -0.15) is 0 Å². The maximum Gasteiger partial charge on any atom is 0.119 e. The second-order valence-corrected chi connectivity index (χ2v) is 6.60. The van der Waals surface area contributed by atoms with E-state index in [2.05, 4.69) is 48.5 Å². The summed E-state index contributed by atoms with van der Waals surface area (Å²) >= 11 is 0. The highest BCUT2D eigenvalue weighted by Gasteiger charge is 2.01. The highest BCUT2D eigenvalue weighted by molar-refractivity contribution is 5.63. The second kappa shape index (κ2) is 14.5. The zero-order valence-corrected chi connectivity index (χ0v) is 19.6. The Kier molecular flexibility index (Phi) is 11.2. The molecular formula is C30H34O2. The summed E-state index contributed by atoms with van der Waals surface area (Å²) in [5.74, 6) is 1.78. The molecule has 0 bridgehead atoms. The zero-order chi connectivity index (χ0) is 23.0. The molecule has 0 unspecified atom stereocenters. The smallest absolute Gasteiger partial charge is 0.119 e. The predicted molar refractivity (Wildman–Crippen MR) is 136 cm³/mol. The molecule has 0 fully saturated rings. The molecule has 0 aliphatic heterocycles. The summed E-state index contributed by atoms with van der Waals surface area (Å²) in [5.41, 5.74) is 4.69. The quantitative estimate of drug-likeness (QED) is 0.295. The van der Waals surface area contributed by atoms with E-state index in [0.717, 1.165) is 22.6 Å². The van der Waals surface area contributed by atoms with Gasteiger partial charge in [-0.15, -0.1) is 0 Å². The van der Waals surface area contributed by atoms with E-state index in [-0.39, 0.29) is 0 Å². The molecule has 0 amide bonds. The van der Waals surface area contributed by atoms with E-state index in [1.807, 2.05) is 88.4 Å². The molecule has 0 heterocycles. The lowest BCUT2D eigenvalue weighted by molar-refractivity contribution is 0.306. The van der Waals surface area contributed by atoms with Crippen LogP contribution in [0.15, 0.2) is 109 Å². The van der Waals surface area contributed by atoms with Gasteiger partial charge in [0.25, 0.3) is 0 Å². The molecule has 0 N–H and O–H groups in total. The Labute approximate surface area is 193 Å². The first-order chi connectivity index (χ1) is 15.9. The number of benzene rings is 4. The van der Waals surface area contributed by atoms with Gasteiger partial charge in [-0.3, -0.25) is 0 Å². The lowest BCUT2D eigenvalue weighted by Gasteiger charge is -2.09. The molecule has 0 atom stereocenters. The molecule has 0 aromatic heterocycles. The van der Waals surface area contributed by atoms with Gasteiger partial charge in [0, 0.05) is 0 Å². The van der Waals surface area contributed by atoms with E-state index in [0.29, 0.717) is 13.2 Å². The van der Waals surface area contributed by atoms with Gasteiger partial charge in [0.05, 0.1) is 0 Å². The number of rotatable bonds is 7. The molecule has 166 valence electrons. The fraction of sp³-hybridized carbons (Fsp3) is 0.200. The number of hydrogen-bond donors (Lipinski definition) is 0. The van der Waals surface area contributed by atoms with Crippen molar-refractivity contribution in [3.8, 4) is 22.6 Å². The molecule has 0 saturated heterocycles. The van der Waals surface area contributed by atoms with E-state index in [1.165, 1.54) is 11.1 Å². The summed E-state index contributed by atoms with van der Waals surface area (Å²) in [6, 6.07) is 36.8. The van der Waals surface area contributed by atoms with Gasteiger partial charge < -0.3 is 9.47 Å². The van der Waals surface area contributed by atoms with Crippen LogP contribution in [0.4, 0.5) is 0 Å². The van der Waals surface area contributed by atoms with Crippen molar-refractivity contribution in [2.45, 2.75) is 40.9 Å². The van der Waals surface area contributed by atoms with Gasteiger partial charge in [0.15, 0.2) is 0 Å². The highest BCUT2D eigenvalue weighted by atomic mass is 16.5. The Bertz CT molecular complexity index is 891. The van der Waals surface area contributed by atoms with Crippen molar-refractivity contribution in [1.29, 1.82) is 0 Å². The molecule has 4 aromatic carbocycles. The molecule has 0 radical (unpaired) electrons. The second-order valence-electron chi connectivity index (χ2n) is 6.60. The van der Waals surface area contributed by atoms with Gasteiger partial charge in [-0.25, -0.2) is 0 Å². The van der Waals surface area contributed by atoms with Crippen molar-refractivity contribution in [2.24, 2.45) is 0 Å². The molecule has 2 heteroatoms. The summed E-state index contributed by atoms with van der Waals surface area (Å²) in [6.07, 6.45) is 0. The van der Waals surface area contributed by atoms with E-state index in [9.17, 15) is 0 Å². The third-order valence-electron chi connectivity index (χ3n) is 4.54. The number of ether oxygens (including phenoxy) is 2. The minimum Gasteiger partial charge on any atom is -0.489 e. The van der Waals surface area contributed by atoms with Crippen LogP contribution in [0.25, 0.3) is 11.1 Å². The monoisotopic (exact) mass is 426 g/mol. The first-order valence-corrected chi connectivity index (χ1v) is 11.4. The third kappa shape index (κ3) is 7.96. The maximum atomic E-state index is 5.80. The largest absolute Gasteiger partial charge is 0.489 e. The Morgan fingerprint density at radius 1 is 0.406 bits per heavy atom. The molecule has 0 saturated carbocycles. The van der Waals surface area contributed by atoms with Crippen LogP contribution < -0.4 is 9.47 Å². The summed E-state index contributed by atoms with van der Waals surface area (Å²) in [7, 11) is 0. The Hall–Kier alpha value is -3.52. The van der Waals surface area contributed by atoms with Crippen molar-refractivity contribution in [1.82, 2.24) is 0 Å². The molecular weight excluding hydrogens is 392 g/mol. The number of para-hydroxylation sites is 2. The van der Waals surface area contributed by atoms with Gasteiger partial charge >= 0.3 is 0 Å². The van der Waals surface area contributed by atoms with Crippen molar-refractivity contribution < 1.29 is 9.47 Å². The van der Waals surface area contributed by atoms with Crippen molar-refractivity contribution in [3.05, 3.63) is 120 Å². The van der Waals surface area contributed by atoms with E-state index in [1.54, 1.807) is 0 Å². The van der Waals surface area contributed by atoms with Crippen LogP contribution >= 0.6 is 0 Å². The van der Waals surface area contributed by atoms with Gasteiger partial charge in [-0.05, 0) is 46.5 Å². The average molecular weight is 427 g/mol. The van der Waals surface area contributed by atoms with Crippen LogP contribution in [-0.4, -0.2) is 0 Å². The molecule has 0 aliphatic rings. The van der Waals surface area contributed by atoms with Gasteiger partial charge in [0.2, 0.25) is 0 Å². The first kappa shape index (κ1) is 24.7.